The molecule has 0 aromatic rings. The van der Waals surface area contributed by atoms with Crippen LogP contribution in [-0.4, -0.2) is 73.8 Å². The van der Waals surface area contributed by atoms with E-state index in [0.29, 0.717) is 38.0 Å². The smallest absolute Gasteiger partial charge is 0.308 e. The first-order chi connectivity index (χ1) is 17.8. The predicted octanol–water partition coefficient (Wildman–Crippen LogP) is 2.52. The summed E-state index contributed by atoms with van der Waals surface area (Å²) in [6.07, 6.45) is 3.80. The van der Waals surface area contributed by atoms with Crippen LogP contribution in [0.15, 0.2) is 11.6 Å². The molecule has 0 saturated heterocycles. The minimum absolute atomic E-state index is 0.0845. The maximum absolute atomic E-state index is 12.1. The summed E-state index contributed by atoms with van der Waals surface area (Å²) in [7, 11) is 0. The van der Waals surface area contributed by atoms with Crippen LogP contribution >= 0.6 is 0 Å². The summed E-state index contributed by atoms with van der Waals surface area (Å²) in [6, 6.07) is 0. The summed E-state index contributed by atoms with van der Waals surface area (Å²) in [4.78, 5) is 34.8. The molecular formula is C29H44O9. The Kier molecular flexibility index (Phi) is 8.44. The average Bonchev–Trinajstić information content (AvgIpc) is 3.06. The van der Waals surface area contributed by atoms with Crippen molar-refractivity contribution < 1.29 is 44.7 Å². The number of carboxylic acid groups (broad SMARTS) is 1. The fourth-order valence-electron chi connectivity index (χ4n) is 8.68. The van der Waals surface area contributed by atoms with Gasteiger partial charge in [-0.15, -0.1) is 0 Å². The number of carboxylic acids is 1. The maximum Gasteiger partial charge on any atom is 0.308 e. The van der Waals surface area contributed by atoms with Gasteiger partial charge in [-0.3, -0.25) is 14.4 Å². The molecule has 4 aliphatic carbocycles. The predicted molar refractivity (Wildman–Crippen MR) is 137 cm³/mol. The highest BCUT2D eigenvalue weighted by molar-refractivity contribution is 5.91. The second-order valence-electron chi connectivity index (χ2n) is 12.8. The van der Waals surface area contributed by atoms with Gasteiger partial charge in [-0.05, 0) is 80.6 Å². The van der Waals surface area contributed by atoms with E-state index in [9.17, 15) is 34.8 Å². The molecule has 3 saturated carbocycles. The molecule has 0 heterocycles. The molecule has 0 amide bonds. The van der Waals surface area contributed by atoms with E-state index in [1.807, 2.05) is 6.08 Å². The number of fused-ring (bicyclic) bond motifs is 5. The van der Waals surface area contributed by atoms with Crippen LogP contribution < -0.4 is 0 Å². The SMILES string of the molecule is C[C@]12CCC(=O)C=C1CCC1C2C(O)C[C@@]2(C)C1CC[C@]2(O)CCCOC(=O)C[C@H](O)C[C@H](O)CC(=O)O. The molecule has 9 atom stereocenters. The quantitative estimate of drug-likeness (QED) is 0.209. The number of allylic oxidation sites excluding steroid dienone is 1. The number of rotatable bonds is 10. The van der Waals surface area contributed by atoms with E-state index >= 15 is 0 Å². The van der Waals surface area contributed by atoms with Crippen LogP contribution in [-0.2, 0) is 19.1 Å². The van der Waals surface area contributed by atoms with E-state index in [-0.39, 0.29) is 42.5 Å². The molecule has 0 spiro atoms. The second kappa shape index (κ2) is 11.0. The number of hydrogen-bond acceptors (Lipinski definition) is 8. The van der Waals surface area contributed by atoms with Crippen molar-refractivity contribution in [1.29, 1.82) is 0 Å². The monoisotopic (exact) mass is 536 g/mol. The number of ketones is 1. The zero-order valence-corrected chi connectivity index (χ0v) is 22.6. The molecule has 0 bridgehead atoms. The summed E-state index contributed by atoms with van der Waals surface area (Å²) >= 11 is 0. The summed E-state index contributed by atoms with van der Waals surface area (Å²) in [5, 5.41) is 51.5. The van der Waals surface area contributed by atoms with Gasteiger partial charge in [0.2, 0.25) is 0 Å². The van der Waals surface area contributed by atoms with Gasteiger partial charge in [0.1, 0.15) is 0 Å². The van der Waals surface area contributed by atoms with Crippen molar-refractivity contribution in [2.45, 2.75) is 115 Å². The van der Waals surface area contributed by atoms with E-state index in [2.05, 4.69) is 13.8 Å². The van der Waals surface area contributed by atoms with Gasteiger partial charge >= 0.3 is 11.9 Å². The molecule has 0 aromatic heterocycles. The van der Waals surface area contributed by atoms with Crippen molar-refractivity contribution in [2.75, 3.05) is 6.61 Å². The van der Waals surface area contributed by atoms with Crippen LogP contribution in [0, 0.1) is 28.6 Å². The zero-order valence-electron chi connectivity index (χ0n) is 22.6. The highest BCUT2D eigenvalue weighted by atomic mass is 16.5. The van der Waals surface area contributed by atoms with Gasteiger partial charge in [0, 0.05) is 18.3 Å². The zero-order chi connectivity index (χ0) is 27.9. The standard InChI is InChI=1S/C29H44O9/c1-27-9-6-18(30)12-17(27)4-5-21-22-7-10-29(37,28(22,2)16-23(33)26(21)27)8-3-11-38-25(36)15-20(32)13-19(31)14-24(34)35/h12,19-23,26,31-33,37H,3-11,13-16H2,1-2H3,(H,34,35)/t19-,20+,21?,22?,23?,26?,27-,28-,29+/m0/s1. The number of ether oxygens (including phenoxy) is 1. The molecule has 38 heavy (non-hydrogen) atoms. The fourth-order valence-corrected chi connectivity index (χ4v) is 8.68. The number of aliphatic hydroxyl groups is 4. The number of aliphatic carboxylic acids is 1. The van der Waals surface area contributed by atoms with E-state index in [0.717, 1.165) is 25.7 Å². The Morgan fingerprint density at radius 1 is 1.11 bits per heavy atom. The molecule has 4 unspecified atom stereocenters. The number of carbonyl (C=O) groups is 3. The highest BCUT2D eigenvalue weighted by Gasteiger charge is 2.65. The van der Waals surface area contributed by atoms with Gasteiger partial charge in [0.05, 0.1) is 43.4 Å². The number of aliphatic hydroxyl groups excluding tert-OH is 3. The van der Waals surface area contributed by atoms with Crippen molar-refractivity contribution in [3.8, 4) is 0 Å². The van der Waals surface area contributed by atoms with Crippen molar-refractivity contribution in [2.24, 2.45) is 28.6 Å². The molecular weight excluding hydrogens is 492 g/mol. The Bertz CT molecular complexity index is 962. The average molecular weight is 537 g/mol. The molecule has 0 aromatic carbocycles. The molecule has 4 rings (SSSR count). The Labute approximate surface area is 224 Å². The second-order valence-corrected chi connectivity index (χ2v) is 12.8. The van der Waals surface area contributed by atoms with Crippen LogP contribution in [0.25, 0.3) is 0 Å². The lowest BCUT2D eigenvalue weighted by Crippen LogP contribution is -2.59. The Balaban J connectivity index is 1.32. The molecule has 9 nitrogen and oxygen atoms in total. The summed E-state index contributed by atoms with van der Waals surface area (Å²) in [5.41, 5.74) is -0.401. The minimum Gasteiger partial charge on any atom is -0.481 e. The highest BCUT2D eigenvalue weighted by Crippen LogP contribution is 2.68. The molecule has 9 heteroatoms. The van der Waals surface area contributed by atoms with Crippen molar-refractivity contribution >= 4 is 17.7 Å². The van der Waals surface area contributed by atoms with Crippen LogP contribution in [0.2, 0.25) is 0 Å². The van der Waals surface area contributed by atoms with Crippen LogP contribution in [0.5, 0.6) is 0 Å². The first-order valence-corrected chi connectivity index (χ1v) is 14.2. The van der Waals surface area contributed by atoms with Gasteiger partial charge in [-0.25, -0.2) is 0 Å². The van der Waals surface area contributed by atoms with Crippen molar-refractivity contribution in [3.05, 3.63) is 11.6 Å². The van der Waals surface area contributed by atoms with Crippen molar-refractivity contribution in [3.63, 3.8) is 0 Å². The minimum atomic E-state index is -1.24. The van der Waals surface area contributed by atoms with E-state index in [1.165, 1.54) is 5.57 Å². The Morgan fingerprint density at radius 3 is 2.53 bits per heavy atom. The first kappa shape index (κ1) is 29.2. The normalized spacial score (nSPS) is 39.8. The lowest BCUT2D eigenvalue weighted by atomic mass is 9.45. The van der Waals surface area contributed by atoms with Crippen LogP contribution in [0.3, 0.4) is 0 Å². The maximum atomic E-state index is 12.1. The van der Waals surface area contributed by atoms with E-state index < -0.39 is 47.7 Å². The van der Waals surface area contributed by atoms with Crippen molar-refractivity contribution in [1.82, 2.24) is 0 Å². The third kappa shape index (κ3) is 5.44. The molecule has 0 radical (unpaired) electrons. The van der Waals surface area contributed by atoms with Gasteiger partial charge in [0.25, 0.3) is 0 Å². The number of carbonyl (C=O) groups excluding carboxylic acids is 2. The fraction of sp³-hybridized carbons (Fsp3) is 0.828. The van der Waals surface area contributed by atoms with E-state index in [4.69, 9.17) is 9.84 Å². The summed E-state index contributed by atoms with van der Waals surface area (Å²) in [5.74, 6) is -0.956. The number of hydrogen-bond donors (Lipinski definition) is 5. The molecule has 214 valence electrons. The Morgan fingerprint density at radius 2 is 1.82 bits per heavy atom. The van der Waals surface area contributed by atoms with Crippen LogP contribution in [0.1, 0.15) is 90.9 Å². The third-order valence-corrected chi connectivity index (χ3v) is 10.6. The largest absolute Gasteiger partial charge is 0.481 e. The molecule has 3 fully saturated rings. The van der Waals surface area contributed by atoms with Gasteiger partial charge in [0.15, 0.2) is 5.78 Å². The Hall–Kier alpha value is -1.81. The molecule has 0 aliphatic heterocycles. The summed E-state index contributed by atoms with van der Waals surface area (Å²) < 4.78 is 5.25. The lowest BCUT2D eigenvalue weighted by Gasteiger charge is -2.60. The number of esters is 1. The summed E-state index contributed by atoms with van der Waals surface area (Å²) in [6.45, 7) is 4.40. The first-order valence-electron chi connectivity index (χ1n) is 14.2. The van der Waals surface area contributed by atoms with Crippen LogP contribution in [0.4, 0.5) is 0 Å². The van der Waals surface area contributed by atoms with Gasteiger partial charge in [-0.1, -0.05) is 19.4 Å². The van der Waals surface area contributed by atoms with Gasteiger partial charge in [-0.2, -0.15) is 0 Å². The molecule has 5 N–H and O–H groups in total. The lowest BCUT2D eigenvalue weighted by molar-refractivity contribution is -0.174. The van der Waals surface area contributed by atoms with Gasteiger partial charge < -0.3 is 30.3 Å². The molecule has 4 aliphatic rings. The third-order valence-electron chi connectivity index (χ3n) is 10.6. The topological polar surface area (TPSA) is 162 Å². The van der Waals surface area contributed by atoms with E-state index in [1.54, 1.807) is 0 Å².